The summed E-state index contributed by atoms with van der Waals surface area (Å²) in [6, 6.07) is 15.9. The Morgan fingerprint density at radius 1 is 0.974 bits per heavy atom. The highest BCUT2D eigenvalue weighted by molar-refractivity contribution is 7.89. The van der Waals surface area contributed by atoms with Crippen LogP contribution in [0.15, 0.2) is 59.5 Å². The van der Waals surface area contributed by atoms with Gasteiger partial charge < -0.3 is 10.1 Å². The lowest BCUT2D eigenvalue weighted by molar-refractivity contribution is 0.0601. The van der Waals surface area contributed by atoms with Gasteiger partial charge >= 0.3 is 5.97 Å². The number of carbonyl (C=O) groups is 2. The SMILES string of the molecule is COC(=O)c1c(NC(=O)c2cccc(CN3CCN(S(=O)(=O)c4ccccc4)CC3)c2)sc2c1CCCC2. The molecule has 0 spiro atoms. The summed E-state index contributed by atoms with van der Waals surface area (Å²) in [5.41, 5.74) is 2.97. The van der Waals surface area contributed by atoms with Gasteiger partial charge in [0, 0.05) is 43.2 Å². The summed E-state index contributed by atoms with van der Waals surface area (Å²) in [7, 11) is -2.14. The number of rotatable bonds is 7. The Labute approximate surface area is 227 Å². The molecule has 1 aliphatic heterocycles. The van der Waals surface area contributed by atoms with E-state index in [9.17, 15) is 18.0 Å². The molecule has 2 aliphatic rings. The van der Waals surface area contributed by atoms with Crippen LogP contribution in [0.25, 0.3) is 0 Å². The molecule has 10 heteroatoms. The Hall–Kier alpha value is -3.05. The number of thiophene rings is 1. The van der Waals surface area contributed by atoms with Crippen molar-refractivity contribution in [2.75, 3.05) is 38.6 Å². The summed E-state index contributed by atoms with van der Waals surface area (Å²) in [5.74, 6) is -0.684. The third kappa shape index (κ3) is 5.54. The van der Waals surface area contributed by atoms with Crippen LogP contribution in [0.4, 0.5) is 5.00 Å². The predicted octanol–water partition coefficient (Wildman–Crippen LogP) is 4.17. The first-order valence-corrected chi connectivity index (χ1v) is 15.0. The minimum atomic E-state index is -3.50. The summed E-state index contributed by atoms with van der Waals surface area (Å²) in [6.07, 6.45) is 3.84. The number of benzene rings is 2. The van der Waals surface area contributed by atoms with E-state index in [-0.39, 0.29) is 5.91 Å². The number of carbonyl (C=O) groups excluding carboxylic acids is 2. The second kappa shape index (κ2) is 11.4. The monoisotopic (exact) mass is 553 g/mol. The van der Waals surface area contributed by atoms with Gasteiger partial charge in [0.05, 0.1) is 17.6 Å². The zero-order chi connectivity index (χ0) is 26.7. The molecule has 0 atom stereocenters. The van der Waals surface area contributed by atoms with Gasteiger partial charge in [-0.25, -0.2) is 13.2 Å². The predicted molar refractivity (Wildman–Crippen MR) is 147 cm³/mol. The molecule has 0 bridgehead atoms. The van der Waals surface area contributed by atoms with Crippen LogP contribution in [0.1, 0.15) is 49.6 Å². The lowest BCUT2D eigenvalue weighted by Gasteiger charge is -2.34. The van der Waals surface area contributed by atoms with Gasteiger partial charge in [-0.05, 0) is 61.1 Å². The van der Waals surface area contributed by atoms with Crippen LogP contribution in [-0.2, 0) is 34.1 Å². The molecule has 0 unspecified atom stereocenters. The van der Waals surface area contributed by atoms with Gasteiger partial charge in [-0.1, -0.05) is 30.3 Å². The second-order valence-electron chi connectivity index (χ2n) is 9.55. The number of amides is 1. The Bertz CT molecular complexity index is 1430. The third-order valence-corrected chi connectivity index (χ3v) is 10.2. The van der Waals surface area contributed by atoms with Gasteiger partial charge in [0.2, 0.25) is 10.0 Å². The minimum absolute atomic E-state index is 0.269. The fraction of sp³-hybridized carbons (Fsp3) is 0.357. The number of esters is 1. The zero-order valence-electron chi connectivity index (χ0n) is 21.3. The molecular formula is C28H31N3O5S2. The number of nitrogens with zero attached hydrogens (tertiary/aromatic N) is 2. The van der Waals surface area contributed by atoms with Crippen molar-refractivity contribution >= 4 is 38.2 Å². The molecule has 5 rings (SSSR count). The molecule has 38 heavy (non-hydrogen) atoms. The number of methoxy groups -OCH3 is 1. The smallest absolute Gasteiger partial charge is 0.341 e. The first kappa shape index (κ1) is 26.6. The van der Waals surface area contributed by atoms with Gasteiger partial charge in [-0.2, -0.15) is 4.31 Å². The molecule has 1 saturated heterocycles. The lowest BCUT2D eigenvalue weighted by atomic mass is 9.95. The molecule has 0 saturated carbocycles. The first-order valence-electron chi connectivity index (χ1n) is 12.8. The van der Waals surface area contributed by atoms with Crippen molar-refractivity contribution in [2.24, 2.45) is 0 Å². The van der Waals surface area contributed by atoms with E-state index in [0.29, 0.717) is 53.7 Å². The van der Waals surface area contributed by atoms with E-state index in [1.807, 2.05) is 18.2 Å². The fourth-order valence-corrected chi connectivity index (χ4v) is 7.80. The Balaban J connectivity index is 1.24. The maximum Gasteiger partial charge on any atom is 0.341 e. The summed E-state index contributed by atoms with van der Waals surface area (Å²) >= 11 is 1.47. The minimum Gasteiger partial charge on any atom is -0.465 e. The van der Waals surface area contributed by atoms with Crippen molar-refractivity contribution in [1.82, 2.24) is 9.21 Å². The number of aryl methyl sites for hydroxylation is 1. The molecule has 2 heterocycles. The molecule has 200 valence electrons. The quantitative estimate of drug-likeness (QED) is 0.441. The highest BCUT2D eigenvalue weighted by atomic mass is 32.2. The largest absolute Gasteiger partial charge is 0.465 e. The zero-order valence-corrected chi connectivity index (χ0v) is 22.9. The maximum absolute atomic E-state index is 13.2. The van der Waals surface area contributed by atoms with Crippen LogP contribution < -0.4 is 5.32 Å². The Kier molecular flexibility index (Phi) is 7.94. The third-order valence-electron chi connectivity index (χ3n) is 7.10. The Morgan fingerprint density at radius 2 is 1.71 bits per heavy atom. The van der Waals surface area contributed by atoms with Crippen LogP contribution >= 0.6 is 11.3 Å². The maximum atomic E-state index is 13.2. The molecule has 1 amide bonds. The fourth-order valence-electron chi connectivity index (χ4n) is 5.09. The van der Waals surface area contributed by atoms with E-state index < -0.39 is 16.0 Å². The number of hydrogen-bond acceptors (Lipinski definition) is 7. The van der Waals surface area contributed by atoms with Gasteiger partial charge in [0.15, 0.2) is 0 Å². The van der Waals surface area contributed by atoms with Crippen LogP contribution in [-0.4, -0.2) is 62.8 Å². The lowest BCUT2D eigenvalue weighted by Crippen LogP contribution is -2.48. The van der Waals surface area contributed by atoms with Crippen molar-refractivity contribution < 1.29 is 22.7 Å². The number of anilines is 1. The van der Waals surface area contributed by atoms with E-state index >= 15 is 0 Å². The number of sulfonamides is 1. The van der Waals surface area contributed by atoms with Crippen molar-refractivity contribution in [3.8, 4) is 0 Å². The molecular weight excluding hydrogens is 522 g/mol. The number of ether oxygens (including phenoxy) is 1. The van der Waals surface area contributed by atoms with E-state index in [1.165, 1.54) is 22.8 Å². The second-order valence-corrected chi connectivity index (χ2v) is 12.6. The standard InChI is InChI=1S/C28H31N3O5S2/c1-36-28(33)25-23-12-5-6-13-24(23)37-27(25)29-26(32)21-9-7-8-20(18-21)19-30-14-16-31(17-15-30)38(34,35)22-10-3-2-4-11-22/h2-4,7-11,18H,5-6,12-17,19H2,1H3,(H,29,32). The normalized spacial score (nSPS) is 16.6. The van der Waals surface area contributed by atoms with Crippen molar-refractivity contribution in [3.05, 3.63) is 81.7 Å². The van der Waals surface area contributed by atoms with Crippen LogP contribution in [0, 0.1) is 0 Å². The van der Waals surface area contributed by atoms with Crippen molar-refractivity contribution in [2.45, 2.75) is 37.1 Å². The van der Waals surface area contributed by atoms with Gasteiger partial charge in [0.1, 0.15) is 5.00 Å². The Morgan fingerprint density at radius 3 is 2.45 bits per heavy atom. The summed E-state index contributed by atoms with van der Waals surface area (Å²) < 4.78 is 32.4. The van der Waals surface area contributed by atoms with E-state index in [2.05, 4.69) is 10.2 Å². The van der Waals surface area contributed by atoms with Crippen LogP contribution in [0.2, 0.25) is 0 Å². The van der Waals surface area contributed by atoms with E-state index in [0.717, 1.165) is 41.7 Å². The number of nitrogens with one attached hydrogen (secondary N) is 1. The number of hydrogen-bond donors (Lipinski definition) is 1. The van der Waals surface area contributed by atoms with Crippen LogP contribution in [0.3, 0.4) is 0 Å². The molecule has 1 aromatic heterocycles. The summed E-state index contributed by atoms with van der Waals surface area (Å²) in [6.45, 7) is 2.64. The highest BCUT2D eigenvalue weighted by Gasteiger charge is 2.29. The van der Waals surface area contributed by atoms with E-state index in [4.69, 9.17) is 4.74 Å². The van der Waals surface area contributed by atoms with Gasteiger partial charge in [-0.3, -0.25) is 9.69 Å². The first-order chi connectivity index (χ1) is 18.4. The molecule has 1 fully saturated rings. The molecule has 0 radical (unpaired) electrons. The highest BCUT2D eigenvalue weighted by Crippen LogP contribution is 2.38. The van der Waals surface area contributed by atoms with E-state index in [1.54, 1.807) is 36.4 Å². The molecule has 1 N–H and O–H groups in total. The van der Waals surface area contributed by atoms with Crippen molar-refractivity contribution in [3.63, 3.8) is 0 Å². The van der Waals surface area contributed by atoms with Crippen LogP contribution in [0.5, 0.6) is 0 Å². The topological polar surface area (TPSA) is 96.0 Å². The molecule has 3 aromatic rings. The molecule has 2 aromatic carbocycles. The molecule has 1 aliphatic carbocycles. The number of piperazine rings is 1. The molecule has 8 nitrogen and oxygen atoms in total. The van der Waals surface area contributed by atoms with Gasteiger partial charge in [-0.15, -0.1) is 11.3 Å². The number of fused-ring (bicyclic) bond motifs is 1. The van der Waals surface area contributed by atoms with Crippen molar-refractivity contribution in [1.29, 1.82) is 0 Å². The average molecular weight is 554 g/mol. The summed E-state index contributed by atoms with van der Waals surface area (Å²) in [4.78, 5) is 29.3. The average Bonchev–Trinajstić information content (AvgIpc) is 3.31. The van der Waals surface area contributed by atoms with Gasteiger partial charge in [0.25, 0.3) is 5.91 Å². The summed E-state index contributed by atoms with van der Waals surface area (Å²) in [5, 5.41) is 3.51.